The summed E-state index contributed by atoms with van der Waals surface area (Å²) < 4.78 is 14.7. The van der Waals surface area contributed by atoms with E-state index in [2.05, 4.69) is 5.10 Å². The summed E-state index contributed by atoms with van der Waals surface area (Å²) in [5, 5.41) is 25.6. The molecule has 0 saturated heterocycles. The van der Waals surface area contributed by atoms with E-state index in [0.29, 0.717) is 40.4 Å². The van der Waals surface area contributed by atoms with Crippen LogP contribution in [0.4, 0.5) is 4.39 Å². The van der Waals surface area contributed by atoms with Crippen LogP contribution >= 0.6 is 11.6 Å². The predicted octanol–water partition coefficient (Wildman–Crippen LogP) is 5.53. The second-order valence-electron chi connectivity index (χ2n) is 6.70. The van der Waals surface area contributed by atoms with Crippen molar-refractivity contribution in [2.75, 3.05) is 0 Å². The van der Waals surface area contributed by atoms with Gasteiger partial charge >= 0.3 is 0 Å². The summed E-state index contributed by atoms with van der Waals surface area (Å²) in [6.45, 7) is 0. The lowest BCUT2D eigenvalue weighted by Gasteiger charge is -2.13. The molecule has 29 heavy (non-hydrogen) atoms. The standard InChI is InChI=1S/C23H18ClFN2O2/c24-19-3-1-2-4-21(19)27-20(11-12-26-27)18-13-16(22(28)14-23(18)29)8-5-15-6-9-17(25)10-7-15/h1-4,6-7,9-14,28-29H,5,8H2. The van der Waals surface area contributed by atoms with Crippen molar-refractivity contribution in [2.45, 2.75) is 12.8 Å². The van der Waals surface area contributed by atoms with Crippen molar-refractivity contribution in [1.82, 2.24) is 9.78 Å². The quantitative estimate of drug-likeness (QED) is 0.456. The van der Waals surface area contributed by atoms with Crippen molar-refractivity contribution in [3.05, 3.63) is 94.9 Å². The maximum Gasteiger partial charge on any atom is 0.128 e. The Kier molecular flexibility index (Phi) is 5.23. The fourth-order valence-electron chi connectivity index (χ4n) is 3.28. The van der Waals surface area contributed by atoms with Gasteiger partial charge in [0.05, 0.1) is 22.6 Å². The van der Waals surface area contributed by atoms with Crippen molar-refractivity contribution in [1.29, 1.82) is 0 Å². The molecule has 4 nitrogen and oxygen atoms in total. The molecule has 6 heteroatoms. The molecule has 0 saturated carbocycles. The summed E-state index contributed by atoms with van der Waals surface area (Å²) >= 11 is 6.31. The van der Waals surface area contributed by atoms with E-state index in [0.717, 1.165) is 5.56 Å². The number of aromatic nitrogens is 2. The molecule has 3 aromatic carbocycles. The number of aromatic hydroxyl groups is 2. The van der Waals surface area contributed by atoms with Crippen LogP contribution in [0.1, 0.15) is 11.1 Å². The van der Waals surface area contributed by atoms with Gasteiger partial charge in [-0.15, -0.1) is 0 Å². The van der Waals surface area contributed by atoms with Crippen molar-refractivity contribution < 1.29 is 14.6 Å². The Balaban J connectivity index is 1.69. The van der Waals surface area contributed by atoms with E-state index in [1.807, 2.05) is 18.2 Å². The topological polar surface area (TPSA) is 58.3 Å². The number of phenols is 2. The van der Waals surface area contributed by atoms with Gasteiger partial charge in [-0.1, -0.05) is 35.9 Å². The summed E-state index contributed by atoms with van der Waals surface area (Å²) in [6, 6.07) is 18.4. The number of phenolic OH excluding ortho intramolecular Hbond substituents is 2. The maximum absolute atomic E-state index is 13.1. The molecule has 1 aromatic heterocycles. The van der Waals surface area contributed by atoms with Crippen LogP contribution in [0.25, 0.3) is 16.9 Å². The molecule has 0 bridgehead atoms. The van der Waals surface area contributed by atoms with Crippen LogP contribution in [-0.2, 0) is 12.8 Å². The average Bonchev–Trinajstić information content (AvgIpc) is 3.18. The van der Waals surface area contributed by atoms with Crippen molar-refractivity contribution in [3.63, 3.8) is 0 Å². The van der Waals surface area contributed by atoms with E-state index >= 15 is 0 Å². The molecular formula is C23H18ClFN2O2. The van der Waals surface area contributed by atoms with Gasteiger partial charge in [0.1, 0.15) is 17.3 Å². The van der Waals surface area contributed by atoms with Gasteiger partial charge in [-0.3, -0.25) is 0 Å². The second-order valence-corrected chi connectivity index (χ2v) is 7.11. The fourth-order valence-corrected chi connectivity index (χ4v) is 3.50. The average molecular weight is 409 g/mol. The number of nitrogens with zero attached hydrogens (tertiary/aromatic N) is 2. The van der Waals surface area contributed by atoms with E-state index in [4.69, 9.17) is 11.6 Å². The number of rotatable bonds is 5. The minimum atomic E-state index is -0.281. The Bertz CT molecular complexity index is 1160. The lowest BCUT2D eigenvalue weighted by molar-refractivity contribution is 0.447. The number of halogens is 2. The molecule has 4 aromatic rings. The highest BCUT2D eigenvalue weighted by Crippen LogP contribution is 2.37. The third-order valence-corrected chi connectivity index (χ3v) is 5.11. The highest BCUT2D eigenvalue weighted by molar-refractivity contribution is 6.32. The summed E-state index contributed by atoms with van der Waals surface area (Å²) in [7, 11) is 0. The van der Waals surface area contributed by atoms with Gasteiger partial charge in [-0.2, -0.15) is 5.10 Å². The Labute approximate surface area is 172 Å². The highest BCUT2D eigenvalue weighted by atomic mass is 35.5. The summed E-state index contributed by atoms with van der Waals surface area (Å²) in [4.78, 5) is 0. The van der Waals surface area contributed by atoms with E-state index in [-0.39, 0.29) is 17.3 Å². The minimum Gasteiger partial charge on any atom is -0.508 e. The van der Waals surface area contributed by atoms with Crippen LogP contribution in [0.2, 0.25) is 5.02 Å². The first-order valence-corrected chi connectivity index (χ1v) is 9.49. The van der Waals surface area contributed by atoms with Crippen LogP contribution in [0, 0.1) is 5.82 Å². The molecule has 0 aliphatic rings. The molecule has 0 aliphatic carbocycles. The number of hydrogen-bond acceptors (Lipinski definition) is 3. The SMILES string of the molecule is Oc1cc(O)c(-c2ccnn2-c2ccccc2Cl)cc1CCc1ccc(F)cc1. The van der Waals surface area contributed by atoms with Gasteiger partial charge in [0.2, 0.25) is 0 Å². The Morgan fingerprint density at radius 3 is 2.41 bits per heavy atom. The lowest BCUT2D eigenvalue weighted by Crippen LogP contribution is -2.00. The Hall–Kier alpha value is -3.31. The number of benzene rings is 3. The Morgan fingerprint density at radius 2 is 1.66 bits per heavy atom. The van der Waals surface area contributed by atoms with Gasteiger partial charge in [0.15, 0.2) is 0 Å². The van der Waals surface area contributed by atoms with Gasteiger partial charge in [0.25, 0.3) is 0 Å². The molecule has 0 unspecified atom stereocenters. The molecule has 146 valence electrons. The number of aryl methyl sites for hydroxylation is 2. The normalized spacial score (nSPS) is 11.0. The smallest absolute Gasteiger partial charge is 0.128 e. The molecule has 2 N–H and O–H groups in total. The molecule has 0 atom stereocenters. The molecular weight excluding hydrogens is 391 g/mol. The van der Waals surface area contributed by atoms with Crippen LogP contribution in [-0.4, -0.2) is 20.0 Å². The first-order chi connectivity index (χ1) is 14.0. The maximum atomic E-state index is 13.1. The lowest BCUT2D eigenvalue weighted by atomic mass is 9.99. The van der Waals surface area contributed by atoms with Gasteiger partial charge < -0.3 is 10.2 Å². The van der Waals surface area contributed by atoms with Gasteiger partial charge in [0, 0.05) is 11.6 Å². The van der Waals surface area contributed by atoms with Crippen molar-refractivity contribution in [2.24, 2.45) is 0 Å². The zero-order valence-electron chi connectivity index (χ0n) is 15.4. The molecule has 0 aliphatic heterocycles. The molecule has 0 fully saturated rings. The fraction of sp³-hybridized carbons (Fsp3) is 0.0870. The van der Waals surface area contributed by atoms with Crippen LogP contribution < -0.4 is 0 Å². The van der Waals surface area contributed by atoms with Crippen LogP contribution in [0.3, 0.4) is 0 Å². The molecule has 1 heterocycles. The minimum absolute atomic E-state index is 0.0113. The van der Waals surface area contributed by atoms with E-state index in [1.54, 1.807) is 41.2 Å². The zero-order chi connectivity index (χ0) is 20.4. The van der Waals surface area contributed by atoms with E-state index < -0.39 is 0 Å². The molecule has 0 amide bonds. The van der Waals surface area contributed by atoms with Crippen LogP contribution in [0.5, 0.6) is 11.5 Å². The second kappa shape index (κ2) is 7.97. The van der Waals surface area contributed by atoms with E-state index in [9.17, 15) is 14.6 Å². The third kappa shape index (κ3) is 3.96. The third-order valence-electron chi connectivity index (χ3n) is 4.79. The monoisotopic (exact) mass is 408 g/mol. The molecule has 0 radical (unpaired) electrons. The van der Waals surface area contributed by atoms with Crippen molar-refractivity contribution >= 4 is 11.6 Å². The highest BCUT2D eigenvalue weighted by Gasteiger charge is 2.16. The van der Waals surface area contributed by atoms with Gasteiger partial charge in [-0.05, 0) is 60.4 Å². The number of para-hydroxylation sites is 1. The zero-order valence-corrected chi connectivity index (χ0v) is 16.1. The molecule has 0 spiro atoms. The first-order valence-electron chi connectivity index (χ1n) is 9.11. The first kappa shape index (κ1) is 19.0. The summed E-state index contributed by atoms with van der Waals surface area (Å²) in [5.41, 5.74) is 3.51. The summed E-state index contributed by atoms with van der Waals surface area (Å²) in [6.07, 6.45) is 2.79. The largest absolute Gasteiger partial charge is 0.508 e. The summed E-state index contributed by atoms with van der Waals surface area (Å²) in [5.74, 6) is -0.324. The molecule has 4 rings (SSSR count). The van der Waals surface area contributed by atoms with Crippen LogP contribution in [0.15, 0.2) is 72.9 Å². The van der Waals surface area contributed by atoms with E-state index in [1.165, 1.54) is 18.2 Å². The predicted molar refractivity (Wildman–Crippen MR) is 111 cm³/mol. The number of hydrogen-bond donors (Lipinski definition) is 2. The van der Waals surface area contributed by atoms with Crippen molar-refractivity contribution in [3.8, 4) is 28.4 Å². The Morgan fingerprint density at radius 1 is 0.897 bits per heavy atom. The van der Waals surface area contributed by atoms with Gasteiger partial charge in [-0.25, -0.2) is 9.07 Å².